The molecule has 1 atom stereocenters. The molecule has 0 amide bonds. The predicted molar refractivity (Wildman–Crippen MR) is 63.3 cm³/mol. The average molecular weight is 249 g/mol. The van der Waals surface area contributed by atoms with Gasteiger partial charge in [0.05, 0.1) is 11.9 Å². The number of nitrogens with two attached hydrogens (primary N) is 1. The van der Waals surface area contributed by atoms with Crippen molar-refractivity contribution in [2.24, 2.45) is 5.73 Å². The third-order valence-electron chi connectivity index (χ3n) is 2.49. The van der Waals surface area contributed by atoms with E-state index in [-0.39, 0.29) is 12.2 Å². The number of halogens is 1. The topological polar surface area (TPSA) is 92.0 Å². The highest BCUT2D eigenvalue weighted by atomic mass is 19.1. The third kappa shape index (κ3) is 2.72. The number of carboxylic acid groups (broad SMARTS) is 1. The molecule has 2 rings (SSSR count). The van der Waals surface area contributed by atoms with E-state index < -0.39 is 12.0 Å². The van der Waals surface area contributed by atoms with Crippen molar-refractivity contribution in [3.05, 3.63) is 42.1 Å². The Kier molecular flexibility index (Phi) is 3.38. The van der Waals surface area contributed by atoms with E-state index in [0.717, 1.165) is 0 Å². The summed E-state index contributed by atoms with van der Waals surface area (Å²) < 4.78 is 13.0. The predicted octanol–water partition coefficient (Wildman–Crippen LogP) is 1.17. The molecule has 2 aromatic rings. The van der Waals surface area contributed by atoms with Gasteiger partial charge < -0.3 is 15.8 Å². The summed E-state index contributed by atoms with van der Waals surface area (Å²) in [5.74, 6) is -0.964. The summed E-state index contributed by atoms with van der Waals surface area (Å²) in [7, 11) is 0. The molecule has 0 aliphatic rings. The van der Waals surface area contributed by atoms with Crippen LogP contribution in [-0.4, -0.2) is 27.1 Å². The number of rotatable bonds is 4. The first-order valence-electron chi connectivity index (χ1n) is 5.34. The number of nitrogens with zero attached hydrogens (tertiary/aromatic N) is 1. The smallest absolute Gasteiger partial charge is 0.320 e. The van der Waals surface area contributed by atoms with Crippen molar-refractivity contribution in [3.8, 4) is 11.3 Å². The lowest BCUT2D eigenvalue weighted by Crippen LogP contribution is -2.32. The monoisotopic (exact) mass is 249 g/mol. The van der Waals surface area contributed by atoms with Gasteiger partial charge in [0.25, 0.3) is 0 Å². The van der Waals surface area contributed by atoms with Gasteiger partial charge in [-0.25, -0.2) is 9.37 Å². The Hall–Kier alpha value is -2.21. The van der Waals surface area contributed by atoms with E-state index in [2.05, 4.69) is 9.97 Å². The fourth-order valence-corrected chi connectivity index (χ4v) is 1.56. The highest BCUT2D eigenvalue weighted by molar-refractivity contribution is 5.73. The third-order valence-corrected chi connectivity index (χ3v) is 2.49. The Morgan fingerprint density at radius 2 is 2.33 bits per heavy atom. The molecule has 0 saturated heterocycles. The molecule has 0 fully saturated rings. The maximum atomic E-state index is 13.0. The lowest BCUT2D eigenvalue weighted by Gasteiger charge is -2.02. The molecular weight excluding hydrogens is 237 g/mol. The summed E-state index contributed by atoms with van der Waals surface area (Å²) in [5.41, 5.74) is 6.68. The van der Waals surface area contributed by atoms with Crippen molar-refractivity contribution in [2.45, 2.75) is 12.5 Å². The summed E-state index contributed by atoms with van der Waals surface area (Å²) in [6, 6.07) is 5.04. The van der Waals surface area contributed by atoms with Crippen molar-refractivity contribution in [2.75, 3.05) is 0 Å². The molecule has 0 radical (unpaired) electrons. The molecule has 94 valence electrons. The summed E-state index contributed by atoms with van der Waals surface area (Å²) in [4.78, 5) is 17.6. The second kappa shape index (κ2) is 4.97. The number of carbonyl (C=O) groups is 1. The van der Waals surface area contributed by atoms with Gasteiger partial charge in [-0.15, -0.1) is 0 Å². The molecule has 18 heavy (non-hydrogen) atoms. The van der Waals surface area contributed by atoms with E-state index in [1.165, 1.54) is 18.3 Å². The standard InChI is InChI=1S/C12H12FN3O2/c13-8-3-1-2-7(4-8)10-6-15-11(16-10)5-9(14)12(17)18/h1-4,6,9H,5,14H2,(H,15,16)(H,17,18). The van der Waals surface area contributed by atoms with Crippen molar-refractivity contribution >= 4 is 5.97 Å². The van der Waals surface area contributed by atoms with Crippen molar-refractivity contribution in [3.63, 3.8) is 0 Å². The molecule has 1 heterocycles. The molecule has 1 aromatic carbocycles. The number of nitrogens with one attached hydrogen (secondary N) is 1. The second-order valence-electron chi connectivity index (χ2n) is 3.90. The highest BCUT2D eigenvalue weighted by Crippen LogP contribution is 2.18. The number of benzene rings is 1. The maximum Gasteiger partial charge on any atom is 0.320 e. The van der Waals surface area contributed by atoms with Crippen molar-refractivity contribution in [1.29, 1.82) is 0 Å². The summed E-state index contributed by atoms with van der Waals surface area (Å²) in [6.45, 7) is 0. The molecule has 0 bridgehead atoms. The maximum absolute atomic E-state index is 13.0. The van der Waals surface area contributed by atoms with Gasteiger partial charge in [-0.2, -0.15) is 0 Å². The number of aliphatic carboxylic acids is 1. The lowest BCUT2D eigenvalue weighted by molar-refractivity contribution is -0.138. The quantitative estimate of drug-likeness (QED) is 0.758. The summed E-state index contributed by atoms with van der Waals surface area (Å²) >= 11 is 0. The van der Waals surface area contributed by atoms with E-state index >= 15 is 0 Å². The van der Waals surface area contributed by atoms with Crippen LogP contribution < -0.4 is 5.73 Å². The summed E-state index contributed by atoms with van der Waals surface area (Å²) in [6.07, 6.45) is 1.63. The van der Waals surface area contributed by atoms with Gasteiger partial charge >= 0.3 is 5.97 Å². The highest BCUT2D eigenvalue weighted by Gasteiger charge is 2.14. The van der Waals surface area contributed by atoms with Gasteiger partial charge in [0.1, 0.15) is 17.7 Å². The SMILES string of the molecule is NC(Cc1ncc(-c2cccc(F)c2)[nH]1)C(=O)O. The number of imidazole rings is 1. The number of carboxylic acids is 1. The van der Waals surface area contributed by atoms with Crippen LogP contribution in [0.1, 0.15) is 5.82 Å². The minimum Gasteiger partial charge on any atom is -0.480 e. The molecule has 1 aromatic heterocycles. The summed E-state index contributed by atoms with van der Waals surface area (Å²) in [5, 5.41) is 8.69. The molecule has 0 spiro atoms. The number of aromatic amines is 1. The molecule has 0 aliphatic heterocycles. The van der Waals surface area contributed by atoms with Crippen molar-refractivity contribution in [1.82, 2.24) is 9.97 Å². The van der Waals surface area contributed by atoms with Gasteiger partial charge in [0.15, 0.2) is 0 Å². The minimum atomic E-state index is -1.08. The van der Waals surface area contributed by atoms with Gasteiger partial charge in [0.2, 0.25) is 0 Å². The Bertz CT molecular complexity index is 568. The Balaban J connectivity index is 2.18. The Morgan fingerprint density at radius 3 is 3.00 bits per heavy atom. The van der Waals surface area contributed by atoms with Crippen LogP contribution in [0.2, 0.25) is 0 Å². The molecule has 1 unspecified atom stereocenters. The molecule has 5 nitrogen and oxygen atoms in total. The van der Waals surface area contributed by atoms with Crippen LogP contribution in [0.5, 0.6) is 0 Å². The van der Waals surface area contributed by atoms with E-state index in [4.69, 9.17) is 10.8 Å². The van der Waals surface area contributed by atoms with Gasteiger partial charge in [-0.3, -0.25) is 4.79 Å². The molecule has 6 heteroatoms. The van der Waals surface area contributed by atoms with Crippen LogP contribution in [0.25, 0.3) is 11.3 Å². The lowest BCUT2D eigenvalue weighted by atomic mass is 10.2. The largest absolute Gasteiger partial charge is 0.480 e. The Morgan fingerprint density at radius 1 is 1.56 bits per heavy atom. The van der Waals surface area contributed by atoms with Crippen molar-refractivity contribution < 1.29 is 14.3 Å². The van der Waals surface area contributed by atoms with Crippen LogP contribution >= 0.6 is 0 Å². The first-order chi connectivity index (χ1) is 8.56. The molecule has 0 saturated carbocycles. The molecular formula is C12H12FN3O2. The van der Waals surface area contributed by atoms with Crippen LogP contribution in [0, 0.1) is 5.82 Å². The minimum absolute atomic E-state index is 0.102. The zero-order valence-corrected chi connectivity index (χ0v) is 9.43. The van der Waals surface area contributed by atoms with Gasteiger partial charge in [-0.05, 0) is 12.1 Å². The number of H-pyrrole nitrogens is 1. The van der Waals surface area contributed by atoms with Gasteiger partial charge in [0, 0.05) is 12.0 Å². The zero-order chi connectivity index (χ0) is 13.1. The van der Waals surface area contributed by atoms with Gasteiger partial charge in [-0.1, -0.05) is 12.1 Å². The fraction of sp³-hybridized carbons (Fsp3) is 0.167. The first kappa shape index (κ1) is 12.3. The number of hydrogen-bond acceptors (Lipinski definition) is 3. The van der Waals surface area contributed by atoms with Crippen LogP contribution in [0.15, 0.2) is 30.5 Å². The Labute approximate surface area is 102 Å². The van der Waals surface area contributed by atoms with E-state index in [9.17, 15) is 9.18 Å². The van der Waals surface area contributed by atoms with E-state index in [1.807, 2.05) is 0 Å². The number of hydrogen-bond donors (Lipinski definition) is 3. The normalized spacial score (nSPS) is 12.3. The second-order valence-corrected chi connectivity index (χ2v) is 3.90. The number of aromatic nitrogens is 2. The first-order valence-corrected chi connectivity index (χ1v) is 5.34. The van der Waals surface area contributed by atoms with E-state index in [0.29, 0.717) is 17.1 Å². The molecule has 4 N–H and O–H groups in total. The fourth-order valence-electron chi connectivity index (χ4n) is 1.56. The van der Waals surface area contributed by atoms with Crippen LogP contribution in [0.4, 0.5) is 4.39 Å². The zero-order valence-electron chi connectivity index (χ0n) is 9.43. The van der Waals surface area contributed by atoms with Crippen LogP contribution in [-0.2, 0) is 11.2 Å². The average Bonchev–Trinajstić information content (AvgIpc) is 2.77. The van der Waals surface area contributed by atoms with Crippen LogP contribution in [0.3, 0.4) is 0 Å². The molecule has 0 aliphatic carbocycles. The van der Waals surface area contributed by atoms with E-state index in [1.54, 1.807) is 12.1 Å².